The summed E-state index contributed by atoms with van der Waals surface area (Å²) >= 11 is 5.79. The predicted molar refractivity (Wildman–Crippen MR) is 69.4 cm³/mol. The topological polar surface area (TPSA) is 81.4 Å². The lowest BCUT2D eigenvalue weighted by Gasteiger charge is -2.13. The Morgan fingerprint density at radius 3 is 2.78 bits per heavy atom. The summed E-state index contributed by atoms with van der Waals surface area (Å²) in [6.45, 7) is 3.74. The molecule has 0 aliphatic carbocycles. The van der Waals surface area contributed by atoms with Gasteiger partial charge in [-0.2, -0.15) is 0 Å². The van der Waals surface area contributed by atoms with Crippen LogP contribution in [-0.2, 0) is 9.53 Å². The van der Waals surface area contributed by atoms with Gasteiger partial charge in [-0.15, -0.1) is 0 Å². The van der Waals surface area contributed by atoms with E-state index >= 15 is 0 Å². The lowest BCUT2D eigenvalue weighted by molar-refractivity contribution is -0.128. The van der Waals surface area contributed by atoms with Crippen molar-refractivity contribution in [2.75, 3.05) is 12.3 Å². The Kier molecular flexibility index (Phi) is 4.97. The molecular weight excluding hydrogens is 256 g/mol. The summed E-state index contributed by atoms with van der Waals surface area (Å²) in [7, 11) is 0. The number of hydrogen-bond donors (Lipinski definition) is 2. The zero-order valence-corrected chi connectivity index (χ0v) is 11.0. The van der Waals surface area contributed by atoms with Gasteiger partial charge in [0.2, 0.25) is 0 Å². The first-order chi connectivity index (χ1) is 8.47. The largest absolute Gasteiger partial charge is 0.449 e. The van der Waals surface area contributed by atoms with E-state index in [4.69, 9.17) is 22.1 Å². The van der Waals surface area contributed by atoms with E-state index in [9.17, 15) is 9.59 Å². The lowest BCUT2D eigenvalue weighted by Crippen LogP contribution is -2.35. The van der Waals surface area contributed by atoms with Crippen molar-refractivity contribution in [1.82, 2.24) is 5.32 Å². The highest BCUT2D eigenvalue weighted by Crippen LogP contribution is 2.23. The van der Waals surface area contributed by atoms with E-state index in [-0.39, 0.29) is 22.2 Å². The monoisotopic (exact) mass is 270 g/mol. The Bertz CT molecular complexity index is 463. The molecule has 0 bridgehead atoms. The van der Waals surface area contributed by atoms with E-state index in [0.29, 0.717) is 6.54 Å². The van der Waals surface area contributed by atoms with Crippen LogP contribution in [0.15, 0.2) is 18.2 Å². The number of para-hydroxylation sites is 1. The number of anilines is 1. The fourth-order valence-electron chi connectivity index (χ4n) is 1.31. The second-order valence-electron chi connectivity index (χ2n) is 3.64. The summed E-state index contributed by atoms with van der Waals surface area (Å²) in [4.78, 5) is 23.2. The molecule has 0 aliphatic rings. The van der Waals surface area contributed by atoms with Crippen LogP contribution < -0.4 is 11.1 Å². The summed E-state index contributed by atoms with van der Waals surface area (Å²) in [5, 5.41) is 2.83. The predicted octanol–water partition coefficient (Wildman–Crippen LogP) is 1.60. The van der Waals surface area contributed by atoms with Crippen molar-refractivity contribution in [1.29, 1.82) is 0 Å². The molecular formula is C12H15ClN2O3. The third-order valence-electron chi connectivity index (χ3n) is 2.28. The molecule has 1 unspecified atom stereocenters. The number of nitrogens with two attached hydrogens (primary N) is 1. The second-order valence-corrected chi connectivity index (χ2v) is 4.05. The molecule has 0 radical (unpaired) electrons. The molecule has 18 heavy (non-hydrogen) atoms. The molecule has 1 aromatic rings. The summed E-state index contributed by atoms with van der Waals surface area (Å²) < 4.78 is 5.00. The summed E-state index contributed by atoms with van der Waals surface area (Å²) in [6, 6.07) is 4.65. The van der Waals surface area contributed by atoms with Crippen LogP contribution in [0, 0.1) is 0 Å². The summed E-state index contributed by atoms with van der Waals surface area (Å²) in [5.74, 6) is -1.03. The van der Waals surface area contributed by atoms with Crippen molar-refractivity contribution in [3.05, 3.63) is 28.8 Å². The molecule has 0 aromatic heterocycles. The van der Waals surface area contributed by atoms with Crippen molar-refractivity contribution in [2.45, 2.75) is 20.0 Å². The average Bonchev–Trinajstić information content (AvgIpc) is 2.32. The Labute approximate surface area is 110 Å². The zero-order valence-electron chi connectivity index (χ0n) is 10.2. The van der Waals surface area contributed by atoms with Gasteiger partial charge in [-0.25, -0.2) is 4.79 Å². The van der Waals surface area contributed by atoms with E-state index in [0.717, 1.165) is 0 Å². The number of carbonyl (C=O) groups excluding carboxylic acids is 2. The Balaban J connectivity index is 2.77. The molecule has 6 heteroatoms. The van der Waals surface area contributed by atoms with E-state index in [1.54, 1.807) is 19.1 Å². The third kappa shape index (κ3) is 3.37. The first kappa shape index (κ1) is 14.3. The van der Waals surface area contributed by atoms with Crippen LogP contribution in [-0.4, -0.2) is 24.5 Å². The van der Waals surface area contributed by atoms with Gasteiger partial charge < -0.3 is 15.8 Å². The molecule has 1 atom stereocenters. The SMILES string of the molecule is CCNC(=O)C(C)OC(=O)c1cccc(Cl)c1N. The van der Waals surface area contributed by atoms with Gasteiger partial charge in [0, 0.05) is 6.54 Å². The van der Waals surface area contributed by atoms with Crippen molar-refractivity contribution in [3.63, 3.8) is 0 Å². The third-order valence-corrected chi connectivity index (χ3v) is 2.61. The summed E-state index contributed by atoms with van der Waals surface area (Å²) in [6.07, 6.45) is -0.879. The van der Waals surface area contributed by atoms with Gasteiger partial charge in [-0.05, 0) is 26.0 Å². The van der Waals surface area contributed by atoms with Gasteiger partial charge in [0.05, 0.1) is 16.3 Å². The smallest absolute Gasteiger partial charge is 0.341 e. The number of carbonyl (C=O) groups is 2. The Morgan fingerprint density at radius 2 is 2.17 bits per heavy atom. The minimum absolute atomic E-state index is 0.146. The van der Waals surface area contributed by atoms with Gasteiger partial charge in [0.15, 0.2) is 6.10 Å². The Morgan fingerprint density at radius 1 is 1.50 bits per heavy atom. The lowest BCUT2D eigenvalue weighted by atomic mass is 10.2. The maximum absolute atomic E-state index is 11.8. The number of nitrogens with one attached hydrogen (secondary N) is 1. The maximum atomic E-state index is 11.8. The molecule has 0 spiro atoms. The standard InChI is InChI=1S/C12H15ClN2O3/c1-3-15-11(16)7(2)18-12(17)8-5-4-6-9(13)10(8)14/h4-7H,3,14H2,1-2H3,(H,15,16). The quantitative estimate of drug-likeness (QED) is 0.643. The van der Waals surface area contributed by atoms with Gasteiger partial charge in [-0.3, -0.25) is 4.79 Å². The number of nitrogen functional groups attached to an aromatic ring is 1. The number of amides is 1. The first-order valence-electron chi connectivity index (χ1n) is 5.50. The second kappa shape index (κ2) is 6.26. The number of likely N-dealkylation sites (N-methyl/N-ethyl adjacent to an activating group) is 1. The fourth-order valence-corrected chi connectivity index (χ4v) is 1.49. The number of benzene rings is 1. The zero-order chi connectivity index (χ0) is 13.7. The fraction of sp³-hybridized carbons (Fsp3) is 0.333. The number of esters is 1. The Hall–Kier alpha value is -1.75. The first-order valence-corrected chi connectivity index (χ1v) is 5.87. The van der Waals surface area contributed by atoms with Gasteiger partial charge in [0.25, 0.3) is 5.91 Å². The molecule has 0 heterocycles. The van der Waals surface area contributed by atoms with E-state index in [1.807, 2.05) is 0 Å². The van der Waals surface area contributed by atoms with Crippen LogP contribution in [0.3, 0.4) is 0 Å². The van der Waals surface area contributed by atoms with Crippen LogP contribution >= 0.6 is 11.6 Å². The molecule has 0 saturated carbocycles. The normalized spacial score (nSPS) is 11.7. The molecule has 1 rings (SSSR count). The van der Waals surface area contributed by atoms with Crippen LogP contribution in [0.4, 0.5) is 5.69 Å². The molecule has 1 amide bonds. The van der Waals surface area contributed by atoms with Crippen LogP contribution in [0.5, 0.6) is 0 Å². The van der Waals surface area contributed by atoms with Gasteiger partial charge in [0.1, 0.15) is 0 Å². The molecule has 0 fully saturated rings. The van der Waals surface area contributed by atoms with Crippen LogP contribution in [0.25, 0.3) is 0 Å². The van der Waals surface area contributed by atoms with Crippen molar-refractivity contribution >= 4 is 29.2 Å². The van der Waals surface area contributed by atoms with Crippen LogP contribution in [0.2, 0.25) is 5.02 Å². The van der Waals surface area contributed by atoms with Crippen molar-refractivity contribution in [3.8, 4) is 0 Å². The minimum atomic E-state index is -0.879. The molecule has 5 nitrogen and oxygen atoms in total. The number of ether oxygens (including phenoxy) is 1. The average molecular weight is 271 g/mol. The van der Waals surface area contributed by atoms with Crippen molar-refractivity contribution in [2.24, 2.45) is 0 Å². The minimum Gasteiger partial charge on any atom is -0.449 e. The highest BCUT2D eigenvalue weighted by atomic mass is 35.5. The molecule has 0 saturated heterocycles. The van der Waals surface area contributed by atoms with Crippen LogP contribution in [0.1, 0.15) is 24.2 Å². The van der Waals surface area contributed by atoms with E-state index < -0.39 is 12.1 Å². The van der Waals surface area contributed by atoms with E-state index in [1.165, 1.54) is 13.0 Å². The number of hydrogen-bond acceptors (Lipinski definition) is 4. The summed E-state index contributed by atoms with van der Waals surface area (Å²) in [5.41, 5.74) is 5.96. The highest BCUT2D eigenvalue weighted by Gasteiger charge is 2.20. The molecule has 3 N–H and O–H groups in total. The van der Waals surface area contributed by atoms with E-state index in [2.05, 4.69) is 5.32 Å². The maximum Gasteiger partial charge on any atom is 0.341 e. The molecule has 1 aromatic carbocycles. The molecule has 0 aliphatic heterocycles. The number of halogens is 1. The highest BCUT2D eigenvalue weighted by molar-refractivity contribution is 6.33. The van der Waals surface area contributed by atoms with Gasteiger partial charge in [-0.1, -0.05) is 17.7 Å². The number of rotatable bonds is 4. The van der Waals surface area contributed by atoms with Crippen molar-refractivity contribution < 1.29 is 14.3 Å². The van der Waals surface area contributed by atoms with Gasteiger partial charge >= 0.3 is 5.97 Å². The molecule has 98 valence electrons.